The van der Waals surface area contributed by atoms with Crippen LogP contribution in [-0.4, -0.2) is 24.3 Å². The molecule has 1 aromatic heterocycles. The van der Waals surface area contributed by atoms with E-state index in [4.69, 9.17) is 14.9 Å². The van der Waals surface area contributed by atoms with E-state index < -0.39 is 11.0 Å². The maximum absolute atomic E-state index is 11.1. The number of nitrogens with two attached hydrogens (primary N) is 1. The van der Waals surface area contributed by atoms with Crippen molar-refractivity contribution in [2.24, 2.45) is 10.8 Å². The second-order valence-corrected chi connectivity index (χ2v) is 4.08. The minimum atomic E-state index is -0.811. The maximum atomic E-state index is 11.1. The fourth-order valence-electron chi connectivity index (χ4n) is 1.72. The molecule has 0 spiro atoms. The number of amides is 2. The number of carbonyl (C=O) groups excluding carboxylic acids is 1. The van der Waals surface area contributed by atoms with Crippen LogP contribution in [0.15, 0.2) is 39.9 Å². The molecular formula is C13H12N4O5. The van der Waals surface area contributed by atoms with Gasteiger partial charge in [0.05, 0.1) is 29.9 Å². The Bertz CT molecular complexity index is 738. The van der Waals surface area contributed by atoms with E-state index in [2.05, 4.69) is 5.10 Å². The number of hydrazone groups is 1. The van der Waals surface area contributed by atoms with Gasteiger partial charge in [0, 0.05) is 0 Å². The van der Waals surface area contributed by atoms with Crippen molar-refractivity contribution in [2.75, 3.05) is 7.11 Å². The van der Waals surface area contributed by atoms with E-state index in [-0.39, 0.29) is 11.4 Å². The van der Waals surface area contributed by atoms with Crippen molar-refractivity contribution in [3.8, 4) is 17.1 Å². The van der Waals surface area contributed by atoms with Gasteiger partial charge in [-0.15, -0.1) is 0 Å². The predicted molar refractivity (Wildman–Crippen MR) is 77.7 cm³/mol. The first-order chi connectivity index (χ1) is 10.5. The molecule has 2 amide bonds. The summed E-state index contributed by atoms with van der Waals surface area (Å²) in [6.07, 6.45) is 1.23. The number of furan rings is 1. The number of nitrogens with zero attached hydrogens (tertiary/aromatic N) is 2. The molecule has 0 unspecified atom stereocenters. The molecule has 0 atom stereocenters. The Kier molecular flexibility index (Phi) is 4.37. The lowest BCUT2D eigenvalue weighted by Crippen LogP contribution is -2.24. The van der Waals surface area contributed by atoms with Gasteiger partial charge >= 0.3 is 6.03 Å². The highest BCUT2D eigenvalue weighted by Crippen LogP contribution is 2.33. The molecule has 0 bridgehead atoms. The second kappa shape index (κ2) is 6.39. The zero-order valence-electron chi connectivity index (χ0n) is 11.5. The predicted octanol–water partition coefficient (Wildman–Crippen LogP) is 1.87. The third-order valence-electron chi connectivity index (χ3n) is 2.66. The molecule has 2 rings (SSSR count). The van der Waals surface area contributed by atoms with E-state index in [1.54, 1.807) is 18.2 Å². The average molecular weight is 304 g/mol. The molecule has 1 aromatic carbocycles. The fraction of sp³-hybridized carbons (Fsp3) is 0.0769. The molecule has 9 nitrogen and oxygen atoms in total. The zero-order valence-corrected chi connectivity index (χ0v) is 11.5. The van der Waals surface area contributed by atoms with Gasteiger partial charge in [-0.2, -0.15) is 5.10 Å². The summed E-state index contributed by atoms with van der Waals surface area (Å²) in [5.74, 6) is 0.957. The van der Waals surface area contributed by atoms with Crippen molar-refractivity contribution in [3.63, 3.8) is 0 Å². The number of hydrogen-bond acceptors (Lipinski definition) is 6. The van der Waals surface area contributed by atoms with Crippen molar-refractivity contribution in [1.82, 2.24) is 5.43 Å². The van der Waals surface area contributed by atoms with Crippen LogP contribution in [0.25, 0.3) is 11.3 Å². The summed E-state index contributed by atoms with van der Waals surface area (Å²) >= 11 is 0. The Hall–Kier alpha value is -3.36. The van der Waals surface area contributed by atoms with Crippen LogP contribution in [0.5, 0.6) is 5.75 Å². The summed E-state index contributed by atoms with van der Waals surface area (Å²) in [5, 5.41) is 14.7. The first kappa shape index (κ1) is 15.0. The fourth-order valence-corrected chi connectivity index (χ4v) is 1.72. The number of hydrogen-bond donors (Lipinski definition) is 2. The monoisotopic (exact) mass is 304 g/mol. The number of carbonyl (C=O) groups is 1. The Labute approximate surface area is 124 Å². The summed E-state index contributed by atoms with van der Waals surface area (Å²) in [6.45, 7) is 0. The molecule has 0 saturated heterocycles. The molecule has 0 aliphatic heterocycles. The van der Waals surface area contributed by atoms with Crippen LogP contribution < -0.4 is 15.9 Å². The number of methoxy groups -OCH3 is 1. The topological polar surface area (TPSA) is 133 Å². The number of nitrogens with one attached hydrogen (secondary N) is 1. The highest BCUT2D eigenvalue weighted by atomic mass is 16.6. The number of ether oxygens (including phenoxy) is 1. The molecule has 1 heterocycles. The number of primary amides is 1. The van der Waals surface area contributed by atoms with Crippen LogP contribution in [0.3, 0.4) is 0 Å². The molecule has 0 radical (unpaired) electrons. The Balaban J connectivity index is 2.32. The van der Waals surface area contributed by atoms with Gasteiger partial charge in [-0.25, -0.2) is 10.2 Å². The molecule has 0 saturated carbocycles. The maximum Gasteiger partial charge on any atom is 0.332 e. The van der Waals surface area contributed by atoms with Crippen molar-refractivity contribution >= 4 is 17.9 Å². The Morgan fingerprint density at radius 1 is 1.45 bits per heavy atom. The molecule has 0 aliphatic carbocycles. The molecular weight excluding hydrogens is 292 g/mol. The van der Waals surface area contributed by atoms with E-state index in [1.807, 2.05) is 5.43 Å². The zero-order chi connectivity index (χ0) is 16.1. The molecule has 22 heavy (non-hydrogen) atoms. The van der Waals surface area contributed by atoms with Crippen LogP contribution in [0, 0.1) is 10.1 Å². The minimum absolute atomic E-state index is 0.146. The normalized spacial score (nSPS) is 10.6. The standard InChI is InChI=1S/C13H12N4O5/c1-21-8-2-4-10(11(6-8)17(19)20)12-5-3-9(22-12)7-15-16-13(14)18/h2-7H,1H3,(H3,14,16,18)/b15-7-. The summed E-state index contributed by atoms with van der Waals surface area (Å²) < 4.78 is 10.4. The van der Waals surface area contributed by atoms with E-state index >= 15 is 0 Å². The van der Waals surface area contributed by atoms with E-state index in [0.717, 1.165) is 0 Å². The van der Waals surface area contributed by atoms with Crippen LogP contribution >= 0.6 is 0 Å². The highest BCUT2D eigenvalue weighted by molar-refractivity contribution is 5.80. The van der Waals surface area contributed by atoms with Gasteiger partial charge in [-0.3, -0.25) is 10.1 Å². The van der Waals surface area contributed by atoms with Gasteiger partial charge in [-0.1, -0.05) is 0 Å². The summed E-state index contributed by atoms with van der Waals surface area (Å²) in [7, 11) is 1.42. The quantitative estimate of drug-likeness (QED) is 0.494. The van der Waals surface area contributed by atoms with Gasteiger partial charge in [0.2, 0.25) is 0 Å². The number of rotatable bonds is 5. The Morgan fingerprint density at radius 3 is 2.86 bits per heavy atom. The Morgan fingerprint density at radius 2 is 2.23 bits per heavy atom. The van der Waals surface area contributed by atoms with Crippen molar-refractivity contribution < 1.29 is 18.9 Å². The van der Waals surface area contributed by atoms with Gasteiger partial charge < -0.3 is 14.9 Å². The number of benzene rings is 1. The lowest BCUT2D eigenvalue weighted by atomic mass is 10.1. The highest BCUT2D eigenvalue weighted by Gasteiger charge is 2.19. The molecule has 0 aliphatic rings. The SMILES string of the molecule is COc1ccc(-c2ccc(/C=N\NC(N)=O)o2)c([N+](=O)[O-])c1. The number of urea groups is 1. The molecule has 0 fully saturated rings. The van der Waals surface area contributed by atoms with Crippen molar-refractivity contribution in [3.05, 3.63) is 46.2 Å². The minimum Gasteiger partial charge on any atom is -0.497 e. The van der Waals surface area contributed by atoms with E-state index in [0.29, 0.717) is 17.1 Å². The lowest BCUT2D eigenvalue weighted by Gasteiger charge is -2.03. The summed E-state index contributed by atoms with van der Waals surface area (Å²) in [4.78, 5) is 21.1. The van der Waals surface area contributed by atoms with Gasteiger partial charge in [-0.05, 0) is 24.3 Å². The first-order valence-electron chi connectivity index (χ1n) is 6.02. The van der Waals surface area contributed by atoms with Crippen LogP contribution in [0.4, 0.5) is 10.5 Å². The molecule has 2 aromatic rings. The van der Waals surface area contributed by atoms with Gasteiger partial charge in [0.25, 0.3) is 5.69 Å². The summed E-state index contributed by atoms with van der Waals surface area (Å²) in [5.41, 5.74) is 7.02. The third kappa shape index (κ3) is 3.39. The van der Waals surface area contributed by atoms with Crippen LogP contribution in [-0.2, 0) is 0 Å². The lowest BCUT2D eigenvalue weighted by molar-refractivity contribution is -0.384. The summed E-state index contributed by atoms with van der Waals surface area (Å²) in [6, 6.07) is 6.72. The second-order valence-electron chi connectivity index (χ2n) is 4.08. The number of nitro groups is 1. The molecule has 3 N–H and O–H groups in total. The number of nitro benzene ring substituents is 1. The molecule has 9 heteroatoms. The van der Waals surface area contributed by atoms with Crippen molar-refractivity contribution in [1.29, 1.82) is 0 Å². The van der Waals surface area contributed by atoms with E-state index in [9.17, 15) is 14.9 Å². The van der Waals surface area contributed by atoms with Gasteiger partial charge in [0.15, 0.2) is 0 Å². The molecule has 114 valence electrons. The van der Waals surface area contributed by atoms with Crippen LogP contribution in [0.1, 0.15) is 5.76 Å². The van der Waals surface area contributed by atoms with E-state index in [1.165, 1.54) is 25.5 Å². The largest absolute Gasteiger partial charge is 0.497 e. The van der Waals surface area contributed by atoms with Crippen molar-refractivity contribution in [2.45, 2.75) is 0 Å². The van der Waals surface area contributed by atoms with Crippen LogP contribution in [0.2, 0.25) is 0 Å². The first-order valence-corrected chi connectivity index (χ1v) is 6.02. The average Bonchev–Trinajstić information content (AvgIpc) is 2.94. The third-order valence-corrected chi connectivity index (χ3v) is 2.66. The van der Waals surface area contributed by atoms with Gasteiger partial charge in [0.1, 0.15) is 17.3 Å². The smallest absolute Gasteiger partial charge is 0.332 e.